The molecular weight excluding hydrogens is 290 g/mol. The maximum absolute atomic E-state index is 12.2. The normalized spacial score (nSPS) is 19.8. The van der Waals surface area contributed by atoms with Crippen LogP contribution in [0, 0.1) is 5.92 Å². The number of urea groups is 1. The third kappa shape index (κ3) is 4.12. The van der Waals surface area contributed by atoms with Crippen molar-refractivity contribution in [3.05, 3.63) is 36.4 Å². The van der Waals surface area contributed by atoms with Crippen molar-refractivity contribution >= 4 is 23.3 Å². The van der Waals surface area contributed by atoms with Gasteiger partial charge in [0.2, 0.25) is 5.91 Å². The molecule has 0 unspecified atom stereocenters. The molecule has 0 saturated carbocycles. The van der Waals surface area contributed by atoms with E-state index >= 15 is 0 Å². The van der Waals surface area contributed by atoms with Crippen molar-refractivity contribution in [1.29, 1.82) is 0 Å². The first-order valence-electron chi connectivity index (χ1n) is 8.34. The lowest BCUT2D eigenvalue weighted by molar-refractivity contribution is -0.116. The molecule has 122 valence electrons. The van der Waals surface area contributed by atoms with Gasteiger partial charge in [0.1, 0.15) is 0 Å². The Balaban J connectivity index is 1.61. The standard InChI is InChI=1S/C18H23N3O2/c22-17(13-14-7-1-2-8-14)19-15-9-3-4-10-16(15)20-18(23)21-11-5-6-12-21/h1,3-4,7,9-10,14H,2,5-6,8,11-13H2,(H,19,22)(H,20,23)/t14-/m0/s1. The van der Waals surface area contributed by atoms with E-state index in [1.165, 1.54) is 0 Å². The second-order valence-electron chi connectivity index (χ2n) is 6.19. The van der Waals surface area contributed by atoms with Crippen LogP contribution < -0.4 is 10.6 Å². The number of hydrogen-bond acceptors (Lipinski definition) is 2. The zero-order valence-corrected chi connectivity index (χ0v) is 13.3. The molecule has 2 N–H and O–H groups in total. The maximum atomic E-state index is 12.2. The van der Waals surface area contributed by atoms with E-state index in [9.17, 15) is 9.59 Å². The van der Waals surface area contributed by atoms with Crippen molar-refractivity contribution in [1.82, 2.24) is 4.90 Å². The highest BCUT2D eigenvalue weighted by molar-refractivity contribution is 5.99. The highest BCUT2D eigenvalue weighted by atomic mass is 16.2. The number of amides is 3. The third-order valence-corrected chi connectivity index (χ3v) is 4.40. The lowest BCUT2D eigenvalue weighted by Gasteiger charge is -2.18. The van der Waals surface area contributed by atoms with Crippen LogP contribution in [0.25, 0.3) is 0 Å². The number of carbonyl (C=O) groups is 2. The number of carbonyl (C=O) groups excluding carboxylic acids is 2. The van der Waals surface area contributed by atoms with E-state index in [0.717, 1.165) is 38.8 Å². The molecule has 3 rings (SSSR count). The highest BCUT2D eigenvalue weighted by Gasteiger charge is 2.19. The summed E-state index contributed by atoms with van der Waals surface area (Å²) in [6.07, 6.45) is 8.94. The van der Waals surface area contributed by atoms with Crippen LogP contribution in [0.4, 0.5) is 16.2 Å². The van der Waals surface area contributed by atoms with Crippen LogP contribution in [-0.2, 0) is 4.79 Å². The fourth-order valence-corrected chi connectivity index (χ4v) is 3.12. The second-order valence-corrected chi connectivity index (χ2v) is 6.19. The predicted molar refractivity (Wildman–Crippen MR) is 91.4 cm³/mol. The molecule has 0 aromatic heterocycles. The molecule has 1 fully saturated rings. The monoisotopic (exact) mass is 313 g/mol. The zero-order chi connectivity index (χ0) is 16.1. The van der Waals surface area contributed by atoms with E-state index in [4.69, 9.17) is 0 Å². The topological polar surface area (TPSA) is 61.4 Å². The molecule has 1 saturated heterocycles. The van der Waals surface area contributed by atoms with E-state index < -0.39 is 0 Å². The molecule has 0 spiro atoms. The molecule has 2 aliphatic rings. The SMILES string of the molecule is O=C(C[C@H]1C=CCC1)Nc1ccccc1NC(=O)N1CCCC1. The zero-order valence-electron chi connectivity index (χ0n) is 13.3. The van der Waals surface area contributed by atoms with E-state index in [0.29, 0.717) is 23.7 Å². The molecule has 0 bridgehead atoms. The van der Waals surface area contributed by atoms with Crippen LogP contribution in [0.2, 0.25) is 0 Å². The summed E-state index contributed by atoms with van der Waals surface area (Å²) in [4.78, 5) is 26.2. The largest absolute Gasteiger partial charge is 0.325 e. The quantitative estimate of drug-likeness (QED) is 0.834. The summed E-state index contributed by atoms with van der Waals surface area (Å²) >= 11 is 0. The van der Waals surface area contributed by atoms with Gasteiger partial charge in [0.15, 0.2) is 0 Å². The summed E-state index contributed by atoms with van der Waals surface area (Å²) < 4.78 is 0. The van der Waals surface area contributed by atoms with Crippen molar-refractivity contribution < 1.29 is 9.59 Å². The van der Waals surface area contributed by atoms with E-state index in [-0.39, 0.29) is 11.9 Å². The van der Waals surface area contributed by atoms with Gasteiger partial charge in [0.05, 0.1) is 11.4 Å². The Labute approximate surface area is 136 Å². The number of nitrogens with zero attached hydrogens (tertiary/aromatic N) is 1. The van der Waals surface area contributed by atoms with Crippen LogP contribution in [0.3, 0.4) is 0 Å². The Morgan fingerprint density at radius 2 is 1.78 bits per heavy atom. The molecule has 1 aliphatic carbocycles. The fraction of sp³-hybridized carbons (Fsp3) is 0.444. The first kappa shape index (κ1) is 15.6. The van der Waals surface area contributed by atoms with Gasteiger partial charge in [-0.05, 0) is 43.7 Å². The van der Waals surface area contributed by atoms with Crippen LogP contribution >= 0.6 is 0 Å². The number of para-hydroxylation sites is 2. The summed E-state index contributed by atoms with van der Waals surface area (Å²) in [7, 11) is 0. The van der Waals surface area contributed by atoms with Crippen LogP contribution in [-0.4, -0.2) is 29.9 Å². The minimum Gasteiger partial charge on any atom is -0.325 e. The van der Waals surface area contributed by atoms with Crippen LogP contribution in [0.5, 0.6) is 0 Å². The van der Waals surface area contributed by atoms with Crippen molar-refractivity contribution in [2.24, 2.45) is 5.92 Å². The molecule has 1 atom stereocenters. The summed E-state index contributed by atoms with van der Waals surface area (Å²) in [5.74, 6) is 0.325. The lowest BCUT2D eigenvalue weighted by atomic mass is 10.0. The van der Waals surface area contributed by atoms with Crippen LogP contribution in [0.15, 0.2) is 36.4 Å². The average molecular weight is 313 g/mol. The molecule has 3 amide bonds. The molecule has 0 radical (unpaired) electrons. The van der Waals surface area contributed by atoms with E-state index in [1.807, 2.05) is 29.2 Å². The van der Waals surface area contributed by atoms with Crippen LogP contribution in [0.1, 0.15) is 32.1 Å². The molecule has 1 heterocycles. The van der Waals surface area contributed by atoms with E-state index in [2.05, 4.69) is 22.8 Å². The molecule has 23 heavy (non-hydrogen) atoms. The van der Waals surface area contributed by atoms with Gasteiger partial charge in [-0.3, -0.25) is 4.79 Å². The van der Waals surface area contributed by atoms with Gasteiger partial charge in [-0.15, -0.1) is 0 Å². The average Bonchev–Trinajstić information content (AvgIpc) is 3.22. The van der Waals surface area contributed by atoms with Gasteiger partial charge in [0, 0.05) is 19.5 Å². The van der Waals surface area contributed by atoms with Crippen molar-refractivity contribution in [3.63, 3.8) is 0 Å². The minimum atomic E-state index is -0.0945. The minimum absolute atomic E-state index is 0.00979. The second kappa shape index (κ2) is 7.31. The predicted octanol–water partition coefficient (Wildman–Crippen LogP) is 3.61. The molecule has 5 nitrogen and oxygen atoms in total. The Morgan fingerprint density at radius 1 is 1.09 bits per heavy atom. The molecular formula is C18H23N3O2. The number of hydrogen-bond donors (Lipinski definition) is 2. The van der Waals surface area contributed by atoms with Crippen molar-refractivity contribution in [2.75, 3.05) is 23.7 Å². The Hall–Kier alpha value is -2.30. The summed E-state index contributed by atoms with van der Waals surface area (Å²) in [5.41, 5.74) is 1.31. The van der Waals surface area contributed by atoms with Gasteiger partial charge < -0.3 is 15.5 Å². The number of allylic oxidation sites excluding steroid dienone is 2. The molecule has 1 aromatic rings. The Morgan fingerprint density at radius 3 is 2.43 bits per heavy atom. The summed E-state index contributed by atoms with van der Waals surface area (Å²) in [6, 6.07) is 7.26. The van der Waals surface area contributed by atoms with Gasteiger partial charge in [-0.25, -0.2) is 4.79 Å². The molecule has 5 heteroatoms. The lowest BCUT2D eigenvalue weighted by Crippen LogP contribution is -2.32. The smallest absolute Gasteiger partial charge is 0.321 e. The van der Waals surface area contributed by atoms with Crippen molar-refractivity contribution in [3.8, 4) is 0 Å². The summed E-state index contributed by atoms with van der Waals surface area (Å²) in [6.45, 7) is 1.60. The van der Waals surface area contributed by atoms with Gasteiger partial charge in [-0.2, -0.15) is 0 Å². The highest BCUT2D eigenvalue weighted by Crippen LogP contribution is 2.25. The number of likely N-dealkylation sites (tertiary alicyclic amines) is 1. The van der Waals surface area contributed by atoms with Gasteiger partial charge in [-0.1, -0.05) is 24.3 Å². The first-order valence-corrected chi connectivity index (χ1v) is 8.34. The molecule has 1 aliphatic heterocycles. The number of rotatable bonds is 4. The summed E-state index contributed by atoms with van der Waals surface area (Å²) in [5, 5.41) is 5.84. The fourth-order valence-electron chi connectivity index (χ4n) is 3.12. The maximum Gasteiger partial charge on any atom is 0.321 e. The van der Waals surface area contributed by atoms with Crippen molar-refractivity contribution in [2.45, 2.75) is 32.1 Å². The van der Waals surface area contributed by atoms with E-state index in [1.54, 1.807) is 0 Å². The Bertz CT molecular complexity index is 606. The third-order valence-electron chi connectivity index (χ3n) is 4.40. The van der Waals surface area contributed by atoms with Gasteiger partial charge >= 0.3 is 6.03 Å². The first-order chi connectivity index (χ1) is 11.2. The number of nitrogens with one attached hydrogen (secondary N) is 2. The van der Waals surface area contributed by atoms with Gasteiger partial charge in [0.25, 0.3) is 0 Å². The number of anilines is 2. The number of benzene rings is 1. The molecule has 1 aromatic carbocycles. The Kier molecular flexibility index (Phi) is 4.95.